The monoisotopic (exact) mass is 260 g/mol. The molecule has 1 aromatic carbocycles. The van der Waals surface area contributed by atoms with Gasteiger partial charge in [-0.1, -0.05) is 19.1 Å². The molecular formula is C15H20N2S. The summed E-state index contributed by atoms with van der Waals surface area (Å²) in [6, 6.07) is 12.6. The van der Waals surface area contributed by atoms with Crippen molar-refractivity contribution in [1.82, 2.24) is 5.32 Å². The number of anilines is 1. The van der Waals surface area contributed by atoms with Crippen molar-refractivity contribution in [1.29, 1.82) is 0 Å². The first-order valence-electron chi connectivity index (χ1n) is 6.40. The number of nitrogen functional groups attached to an aromatic ring is 1. The van der Waals surface area contributed by atoms with Crippen LogP contribution in [0.4, 0.5) is 5.69 Å². The minimum Gasteiger partial charge on any atom is -0.399 e. The average molecular weight is 260 g/mol. The molecule has 0 bridgehead atoms. The first kappa shape index (κ1) is 13.1. The summed E-state index contributed by atoms with van der Waals surface area (Å²) >= 11 is 1.90. The fourth-order valence-electron chi connectivity index (χ4n) is 1.84. The Balaban J connectivity index is 1.71. The Hall–Kier alpha value is -1.32. The molecule has 1 aromatic heterocycles. The van der Waals surface area contributed by atoms with Crippen molar-refractivity contribution in [3.05, 3.63) is 51.7 Å². The molecule has 0 aliphatic heterocycles. The van der Waals surface area contributed by atoms with Gasteiger partial charge in [-0.2, -0.15) is 0 Å². The van der Waals surface area contributed by atoms with Crippen molar-refractivity contribution in [2.24, 2.45) is 0 Å². The second-order valence-corrected chi connectivity index (χ2v) is 5.64. The standard InChI is InChI=1S/C15H20N2S/c1-2-14-7-8-15(18-14)11-17-10-9-12-3-5-13(16)6-4-12/h3-8,17H,2,9-11,16H2,1H3. The third-order valence-electron chi connectivity index (χ3n) is 2.94. The number of nitrogens with two attached hydrogens (primary N) is 1. The number of hydrogen-bond acceptors (Lipinski definition) is 3. The van der Waals surface area contributed by atoms with E-state index in [0.717, 1.165) is 31.6 Å². The Labute approximate surface area is 113 Å². The van der Waals surface area contributed by atoms with Gasteiger partial charge >= 0.3 is 0 Å². The lowest BCUT2D eigenvalue weighted by Crippen LogP contribution is -2.15. The molecule has 3 heteroatoms. The van der Waals surface area contributed by atoms with Gasteiger partial charge in [-0.15, -0.1) is 11.3 Å². The van der Waals surface area contributed by atoms with Gasteiger partial charge < -0.3 is 11.1 Å². The summed E-state index contributed by atoms with van der Waals surface area (Å²) in [6.45, 7) is 4.17. The van der Waals surface area contributed by atoms with E-state index >= 15 is 0 Å². The lowest BCUT2D eigenvalue weighted by atomic mass is 10.1. The van der Waals surface area contributed by atoms with E-state index in [-0.39, 0.29) is 0 Å². The fourth-order valence-corrected chi connectivity index (χ4v) is 2.76. The van der Waals surface area contributed by atoms with E-state index in [2.05, 4.69) is 36.5 Å². The molecule has 1 heterocycles. The largest absolute Gasteiger partial charge is 0.399 e. The molecule has 2 nitrogen and oxygen atoms in total. The van der Waals surface area contributed by atoms with E-state index < -0.39 is 0 Å². The molecular weight excluding hydrogens is 240 g/mol. The third-order valence-corrected chi connectivity index (χ3v) is 4.16. The van der Waals surface area contributed by atoms with Gasteiger partial charge in [0.25, 0.3) is 0 Å². The number of benzene rings is 1. The maximum absolute atomic E-state index is 5.66. The van der Waals surface area contributed by atoms with Gasteiger partial charge in [0.1, 0.15) is 0 Å². The van der Waals surface area contributed by atoms with Crippen molar-refractivity contribution in [3.8, 4) is 0 Å². The summed E-state index contributed by atoms with van der Waals surface area (Å²) in [5.74, 6) is 0. The molecule has 0 unspecified atom stereocenters. The Bertz CT molecular complexity index is 473. The van der Waals surface area contributed by atoms with Gasteiger partial charge in [0.05, 0.1) is 0 Å². The molecule has 0 aliphatic rings. The van der Waals surface area contributed by atoms with E-state index in [1.165, 1.54) is 15.3 Å². The normalized spacial score (nSPS) is 10.7. The summed E-state index contributed by atoms with van der Waals surface area (Å²) in [4.78, 5) is 2.88. The highest BCUT2D eigenvalue weighted by Gasteiger charge is 1.98. The zero-order chi connectivity index (χ0) is 12.8. The van der Waals surface area contributed by atoms with Crippen molar-refractivity contribution in [2.45, 2.75) is 26.3 Å². The fraction of sp³-hybridized carbons (Fsp3) is 0.333. The molecule has 0 amide bonds. The molecule has 2 rings (SSSR count). The van der Waals surface area contributed by atoms with Crippen molar-refractivity contribution >= 4 is 17.0 Å². The zero-order valence-corrected chi connectivity index (χ0v) is 11.6. The predicted octanol–water partition coefficient (Wildman–Crippen LogP) is 3.23. The van der Waals surface area contributed by atoms with Crippen molar-refractivity contribution in [3.63, 3.8) is 0 Å². The number of aryl methyl sites for hydroxylation is 1. The molecule has 0 spiro atoms. The Kier molecular flexibility index (Phi) is 4.79. The smallest absolute Gasteiger partial charge is 0.0314 e. The minimum atomic E-state index is 0.831. The Morgan fingerprint density at radius 3 is 2.44 bits per heavy atom. The maximum Gasteiger partial charge on any atom is 0.0314 e. The predicted molar refractivity (Wildman–Crippen MR) is 80.0 cm³/mol. The first-order valence-corrected chi connectivity index (χ1v) is 7.22. The maximum atomic E-state index is 5.66. The van der Waals surface area contributed by atoms with Gasteiger partial charge in [-0.3, -0.25) is 0 Å². The third kappa shape index (κ3) is 3.86. The zero-order valence-electron chi connectivity index (χ0n) is 10.8. The molecule has 96 valence electrons. The lowest BCUT2D eigenvalue weighted by Gasteiger charge is -2.04. The van der Waals surface area contributed by atoms with E-state index in [1.807, 2.05) is 23.5 Å². The van der Waals surface area contributed by atoms with Gasteiger partial charge in [0, 0.05) is 22.0 Å². The van der Waals surface area contributed by atoms with Gasteiger partial charge in [-0.05, 0) is 49.2 Å². The summed E-state index contributed by atoms with van der Waals surface area (Å²) < 4.78 is 0. The lowest BCUT2D eigenvalue weighted by molar-refractivity contribution is 0.693. The van der Waals surface area contributed by atoms with Crippen LogP contribution in [-0.4, -0.2) is 6.54 Å². The Morgan fingerprint density at radius 2 is 1.78 bits per heavy atom. The van der Waals surface area contributed by atoms with Crippen LogP contribution < -0.4 is 11.1 Å². The van der Waals surface area contributed by atoms with Crippen LogP contribution in [0.1, 0.15) is 22.2 Å². The van der Waals surface area contributed by atoms with Gasteiger partial charge in [-0.25, -0.2) is 0 Å². The Morgan fingerprint density at radius 1 is 1.06 bits per heavy atom. The molecule has 0 atom stereocenters. The number of nitrogens with one attached hydrogen (secondary N) is 1. The molecule has 0 aliphatic carbocycles. The van der Waals surface area contributed by atoms with Crippen molar-refractivity contribution in [2.75, 3.05) is 12.3 Å². The van der Waals surface area contributed by atoms with Crippen LogP contribution in [0.3, 0.4) is 0 Å². The van der Waals surface area contributed by atoms with Crippen LogP contribution in [0.5, 0.6) is 0 Å². The topological polar surface area (TPSA) is 38.0 Å². The van der Waals surface area contributed by atoms with E-state index in [4.69, 9.17) is 5.73 Å². The SMILES string of the molecule is CCc1ccc(CNCCc2ccc(N)cc2)s1. The van der Waals surface area contributed by atoms with E-state index in [9.17, 15) is 0 Å². The molecule has 18 heavy (non-hydrogen) atoms. The second kappa shape index (κ2) is 6.57. The van der Waals surface area contributed by atoms with E-state index in [0.29, 0.717) is 0 Å². The molecule has 2 aromatic rings. The van der Waals surface area contributed by atoms with Crippen LogP contribution in [0.25, 0.3) is 0 Å². The van der Waals surface area contributed by atoms with Crippen molar-refractivity contribution < 1.29 is 0 Å². The molecule has 0 fully saturated rings. The van der Waals surface area contributed by atoms with Crippen LogP contribution in [-0.2, 0) is 19.4 Å². The average Bonchev–Trinajstić information content (AvgIpc) is 2.85. The van der Waals surface area contributed by atoms with Crippen LogP contribution in [0.15, 0.2) is 36.4 Å². The number of thiophene rings is 1. The number of rotatable bonds is 6. The second-order valence-electron chi connectivity index (χ2n) is 4.39. The summed E-state index contributed by atoms with van der Waals surface area (Å²) in [5, 5.41) is 3.48. The highest BCUT2D eigenvalue weighted by atomic mass is 32.1. The minimum absolute atomic E-state index is 0.831. The summed E-state index contributed by atoms with van der Waals surface area (Å²) in [5.41, 5.74) is 7.82. The molecule has 0 saturated carbocycles. The quantitative estimate of drug-likeness (QED) is 0.618. The first-order chi connectivity index (χ1) is 8.78. The summed E-state index contributed by atoms with van der Waals surface area (Å²) in [7, 11) is 0. The van der Waals surface area contributed by atoms with Gasteiger partial charge in [0.2, 0.25) is 0 Å². The van der Waals surface area contributed by atoms with Crippen LogP contribution >= 0.6 is 11.3 Å². The molecule has 0 radical (unpaired) electrons. The van der Waals surface area contributed by atoms with Crippen LogP contribution in [0, 0.1) is 0 Å². The molecule has 0 saturated heterocycles. The highest BCUT2D eigenvalue weighted by Crippen LogP contribution is 2.16. The summed E-state index contributed by atoms with van der Waals surface area (Å²) in [6.07, 6.45) is 2.18. The van der Waals surface area contributed by atoms with Gasteiger partial charge in [0.15, 0.2) is 0 Å². The molecule has 3 N–H and O–H groups in total. The number of hydrogen-bond donors (Lipinski definition) is 2. The van der Waals surface area contributed by atoms with Crippen LogP contribution in [0.2, 0.25) is 0 Å². The van der Waals surface area contributed by atoms with E-state index in [1.54, 1.807) is 0 Å². The highest BCUT2D eigenvalue weighted by molar-refractivity contribution is 7.11.